The van der Waals surface area contributed by atoms with Crippen LogP contribution in [-0.4, -0.2) is 115 Å². The number of ketones is 1. The summed E-state index contributed by atoms with van der Waals surface area (Å²) in [7, 11) is -1.96. The van der Waals surface area contributed by atoms with Crippen LogP contribution < -0.4 is 21.3 Å². The number of urea groups is 1. The van der Waals surface area contributed by atoms with Crippen molar-refractivity contribution >= 4 is 45.8 Å². The third-order valence-electron chi connectivity index (χ3n) is 13.3. The van der Waals surface area contributed by atoms with E-state index >= 15 is 0 Å². The van der Waals surface area contributed by atoms with Gasteiger partial charge in [-0.1, -0.05) is 96.7 Å². The van der Waals surface area contributed by atoms with Gasteiger partial charge >= 0.3 is 22.3 Å². The molecule has 16 nitrogen and oxygen atoms in total. The van der Waals surface area contributed by atoms with Crippen LogP contribution in [0.25, 0.3) is 0 Å². The van der Waals surface area contributed by atoms with Crippen LogP contribution in [0.4, 0.5) is 9.59 Å². The van der Waals surface area contributed by atoms with E-state index < -0.39 is 75.4 Å². The molecule has 1 unspecified atom stereocenters. The highest BCUT2D eigenvalue weighted by Gasteiger charge is 2.70. The molecule has 0 bridgehead atoms. The maximum atomic E-state index is 14.8. The monoisotopic (exact) mass is 855 g/mol. The number of hydrogen-bond acceptors (Lipinski definition) is 9. The minimum Gasteiger partial charge on any atom is -0.444 e. The summed E-state index contributed by atoms with van der Waals surface area (Å²) in [6.07, 6.45) is 6.77. The van der Waals surface area contributed by atoms with Crippen molar-refractivity contribution in [3.63, 3.8) is 0 Å². The molecule has 17 heteroatoms. The largest absolute Gasteiger partial charge is 0.444 e. The molecule has 4 aliphatic rings. The second-order valence-electron chi connectivity index (χ2n) is 18.6. The summed E-state index contributed by atoms with van der Waals surface area (Å²) in [5.41, 5.74) is -0.225. The number of Topliss-reactive ketones (excluding diaryl/α,β-unsaturated/α-hetero) is 1. The summed E-state index contributed by atoms with van der Waals surface area (Å²) in [6.45, 7) is 13.3. The fourth-order valence-electron chi connectivity index (χ4n) is 8.99. The minimum atomic E-state index is -4.38. The van der Waals surface area contributed by atoms with Crippen LogP contribution in [0.3, 0.4) is 0 Å². The van der Waals surface area contributed by atoms with Crippen LogP contribution in [0, 0.1) is 34.5 Å². The van der Waals surface area contributed by atoms with Crippen molar-refractivity contribution in [3.8, 4) is 0 Å². The summed E-state index contributed by atoms with van der Waals surface area (Å²) in [5.74, 6) is -2.95. The molecule has 1 aromatic carbocycles. The highest BCUT2D eigenvalue weighted by Crippen LogP contribution is 2.65. The normalized spacial score (nSPS) is 22.9. The minimum absolute atomic E-state index is 0.0308. The number of ether oxygens (including phenoxy) is 1. The third-order valence-corrected chi connectivity index (χ3v) is 15.0. The second-order valence-corrected chi connectivity index (χ2v) is 20.7. The number of carbonyl (C=O) groups is 6. The molecular formula is C43H65N7O9S. The summed E-state index contributed by atoms with van der Waals surface area (Å²) in [6, 6.07) is 4.49. The van der Waals surface area contributed by atoms with E-state index in [1.54, 1.807) is 29.2 Å². The number of nitrogens with zero attached hydrogens (tertiary/aromatic N) is 3. The molecule has 6 amide bonds. The topological polar surface area (TPSA) is 204 Å². The molecule has 4 fully saturated rings. The van der Waals surface area contributed by atoms with Gasteiger partial charge in [-0.25, -0.2) is 9.59 Å². The van der Waals surface area contributed by atoms with E-state index in [9.17, 15) is 37.2 Å². The fourth-order valence-corrected chi connectivity index (χ4v) is 9.98. The van der Waals surface area contributed by atoms with E-state index in [0.717, 1.165) is 37.0 Å². The molecular weight excluding hydrogens is 791 g/mol. The molecule has 0 radical (unpaired) electrons. The molecule has 6 atom stereocenters. The molecule has 1 saturated heterocycles. The zero-order valence-electron chi connectivity index (χ0n) is 36.2. The van der Waals surface area contributed by atoms with Gasteiger partial charge in [0, 0.05) is 39.8 Å². The van der Waals surface area contributed by atoms with Gasteiger partial charge in [-0.3, -0.25) is 19.2 Å². The average Bonchev–Trinajstić information content (AvgIpc) is 3.48. The fraction of sp³-hybridized carbons (Fsp3) is 0.674. The molecule has 1 aliphatic heterocycles. The van der Waals surface area contributed by atoms with Crippen molar-refractivity contribution in [2.24, 2.45) is 34.5 Å². The molecule has 332 valence electrons. The quantitative estimate of drug-likeness (QED) is 0.133. The number of likely N-dealkylation sites (tertiary alicyclic amines) is 1. The number of hydrogen-bond donors (Lipinski definition) is 4. The lowest BCUT2D eigenvalue weighted by atomic mass is 9.77. The van der Waals surface area contributed by atoms with Crippen LogP contribution in [0.2, 0.25) is 0 Å². The number of benzene rings is 1. The van der Waals surface area contributed by atoms with Crippen molar-refractivity contribution in [2.75, 3.05) is 33.7 Å². The van der Waals surface area contributed by atoms with E-state index in [4.69, 9.17) is 4.74 Å². The van der Waals surface area contributed by atoms with Crippen LogP contribution in [0.1, 0.15) is 91.5 Å². The zero-order chi connectivity index (χ0) is 44.2. The Bertz CT molecular complexity index is 1880. The molecule has 1 aromatic rings. The highest BCUT2D eigenvalue weighted by molar-refractivity contribution is 7.87. The second kappa shape index (κ2) is 19.0. The Morgan fingerprint density at radius 1 is 0.917 bits per heavy atom. The SMILES string of the molecule is C=CCNC(=O)C(=O)C(NC(=O)[C@@H]1[C@@H]2[C@H](CN1C(=O)[C@@H](NC(=O)N[C@H](CN(C)S(=O)(=O)N(C)C(=O)OCc1ccccc1)C(C)(C)C)C1CCCCC1)C2(C)C)C1CCC1. The zero-order valence-corrected chi connectivity index (χ0v) is 37.0. The van der Waals surface area contributed by atoms with Gasteiger partial charge in [0.1, 0.15) is 24.7 Å². The lowest BCUT2D eigenvalue weighted by Crippen LogP contribution is -2.62. The number of rotatable bonds is 17. The predicted molar refractivity (Wildman–Crippen MR) is 225 cm³/mol. The first-order valence-corrected chi connectivity index (χ1v) is 22.6. The maximum Gasteiger partial charge on any atom is 0.424 e. The number of likely N-dealkylation sites (N-methyl/N-ethyl adjacent to an activating group) is 1. The number of amides is 6. The third kappa shape index (κ3) is 10.5. The van der Waals surface area contributed by atoms with Gasteiger partial charge in [-0.2, -0.15) is 17.0 Å². The Labute approximate surface area is 355 Å². The van der Waals surface area contributed by atoms with Crippen LogP contribution in [-0.2, 0) is 40.7 Å². The summed E-state index contributed by atoms with van der Waals surface area (Å²) >= 11 is 0. The number of nitrogens with one attached hydrogen (secondary N) is 4. The first-order chi connectivity index (χ1) is 28.2. The molecule has 5 rings (SSSR count). The molecule has 3 saturated carbocycles. The van der Waals surface area contributed by atoms with Gasteiger partial charge in [-0.05, 0) is 65.7 Å². The van der Waals surface area contributed by atoms with Crippen molar-refractivity contribution in [3.05, 3.63) is 48.6 Å². The first-order valence-electron chi connectivity index (χ1n) is 21.2. The Kier molecular flexibility index (Phi) is 14.8. The van der Waals surface area contributed by atoms with Gasteiger partial charge in [0.2, 0.25) is 17.6 Å². The molecule has 0 aromatic heterocycles. The van der Waals surface area contributed by atoms with E-state index in [1.165, 1.54) is 13.1 Å². The Balaban J connectivity index is 1.31. The summed E-state index contributed by atoms with van der Waals surface area (Å²) in [5, 5.41) is 11.3. The number of carbonyl (C=O) groups excluding carboxylic acids is 6. The number of piperidine rings is 1. The Morgan fingerprint density at radius 2 is 1.53 bits per heavy atom. The summed E-state index contributed by atoms with van der Waals surface area (Å²) in [4.78, 5) is 83.7. The Morgan fingerprint density at radius 3 is 2.12 bits per heavy atom. The molecule has 3 aliphatic carbocycles. The Hall–Kier alpha value is -4.51. The van der Waals surface area contributed by atoms with Gasteiger partial charge < -0.3 is 30.9 Å². The van der Waals surface area contributed by atoms with Gasteiger partial charge in [0.25, 0.3) is 5.91 Å². The van der Waals surface area contributed by atoms with Crippen LogP contribution >= 0.6 is 0 Å². The van der Waals surface area contributed by atoms with Crippen molar-refractivity contribution in [1.29, 1.82) is 0 Å². The first kappa shape index (κ1) is 46.6. The smallest absolute Gasteiger partial charge is 0.424 e. The molecule has 60 heavy (non-hydrogen) atoms. The maximum absolute atomic E-state index is 14.8. The van der Waals surface area contributed by atoms with E-state index in [0.29, 0.717) is 42.1 Å². The number of fused-ring (bicyclic) bond motifs is 1. The van der Waals surface area contributed by atoms with Crippen molar-refractivity contribution in [1.82, 2.24) is 34.8 Å². The predicted octanol–water partition coefficient (Wildman–Crippen LogP) is 3.73. The standard InChI is InChI=1S/C43H65N7O9S/c1-9-23-44-38(53)36(51)33(28-21-16-22-28)46-37(52)35-32-30(43(32,5)6)24-50(35)39(54)34(29-19-14-11-15-20-29)47-40(55)45-31(42(2,3)4)25-48(7)60(57,58)49(8)41(56)59-26-27-17-12-10-13-18-27/h9-10,12-13,17-18,28-35H,1,11,14-16,19-26H2,2-8H3,(H,44,53)(H,46,52)(H2,45,47,55)/t30-,31+,32-,33?,34-,35-/m0/s1. The van der Waals surface area contributed by atoms with E-state index in [-0.39, 0.29) is 48.8 Å². The average molecular weight is 856 g/mol. The highest BCUT2D eigenvalue weighted by atomic mass is 32.2. The molecule has 0 spiro atoms. The van der Waals surface area contributed by atoms with Gasteiger partial charge in [0.05, 0.1) is 0 Å². The molecule has 4 N–H and O–H groups in total. The lowest BCUT2D eigenvalue weighted by molar-refractivity contribution is -0.145. The van der Waals surface area contributed by atoms with E-state index in [2.05, 4.69) is 41.7 Å². The molecule has 1 heterocycles. The van der Waals surface area contributed by atoms with Crippen molar-refractivity contribution < 1.29 is 41.9 Å². The lowest BCUT2D eigenvalue weighted by Gasteiger charge is -2.39. The van der Waals surface area contributed by atoms with Gasteiger partial charge in [-0.15, -0.1) is 6.58 Å². The summed E-state index contributed by atoms with van der Waals surface area (Å²) < 4.78 is 33.8. The van der Waals surface area contributed by atoms with Crippen LogP contribution in [0.15, 0.2) is 43.0 Å². The van der Waals surface area contributed by atoms with E-state index in [1.807, 2.05) is 26.8 Å². The van der Waals surface area contributed by atoms with Crippen molar-refractivity contribution in [2.45, 2.75) is 117 Å². The van der Waals surface area contributed by atoms with Gasteiger partial charge in [0.15, 0.2) is 0 Å². The van der Waals surface area contributed by atoms with Crippen LogP contribution in [0.5, 0.6) is 0 Å².